The maximum absolute atomic E-state index is 13.6. The molecule has 0 aliphatic carbocycles. The summed E-state index contributed by atoms with van der Waals surface area (Å²) in [6, 6.07) is 38.9. The summed E-state index contributed by atoms with van der Waals surface area (Å²) in [5, 5.41) is 0. The summed E-state index contributed by atoms with van der Waals surface area (Å²) < 4.78 is 37.7. The van der Waals surface area contributed by atoms with Gasteiger partial charge in [-0.15, -0.1) is 0 Å². The number of hydrogen-bond donors (Lipinski definition) is 0. The molecule has 1 aliphatic heterocycles. The molecule has 0 saturated carbocycles. The number of rotatable bonds is 15. The fraction of sp³-hybridized carbons (Fsp3) is 0.333. The fourth-order valence-corrected chi connectivity index (χ4v) is 5.55. The highest BCUT2D eigenvalue weighted by molar-refractivity contribution is 5.73. The maximum atomic E-state index is 13.6. The minimum Gasteiger partial charge on any atom is -0.463 e. The van der Waals surface area contributed by atoms with Gasteiger partial charge in [-0.05, 0) is 29.2 Å². The number of esters is 2. The molecule has 0 bridgehead atoms. The van der Waals surface area contributed by atoms with E-state index < -0.39 is 48.4 Å². The predicted octanol–water partition coefficient (Wildman–Crippen LogP) is 6.45. The molecule has 4 aromatic rings. The van der Waals surface area contributed by atoms with Crippen LogP contribution >= 0.6 is 0 Å². The molecule has 1 unspecified atom stereocenters. The smallest absolute Gasteiger partial charge is 0.311 e. The zero-order valence-corrected chi connectivity index (χ0v) is 26.8. The summed E-state index contributed by atoms with van der Waals surface area (Å²) in [7, 11) is 0. The van der Waals surface area contributed by atoms with Crippen LogP contribution in [-0.2, 0) is 64.4 Å². The molecule has 0 radical (unpaired) electrons. The predicted molar refractivity (Wildman–Crippen MR) is 176 cm³/mol. The Balaban J connectivity index is 1.46. The summed E-state index contributed by atoms with van der Waals surface area (Å²) in [5.74, 6) is -1.65. The molecule has 0 aromatic heterocycles. The molecule has 6 atom stereocenters. The first-order valence-corrected chi connectivity index (χ1v) is 15.9. The van der Waals surface area contributed by atoms with Crippen LogP contribution in [0.3, 0.4) is 0 Å². The van der Waals surface area contributed by atoms with Gasteiger partial charge in [0.25, 0.3) is 0 Å². The van der Waals surface area contributed by atoms with Crippen LogP contribution < -0.4 is 0 Å². The molecule has 1 saturated heterocycles. The van der Waals surface area contributed by atoms with Crippen molar-refractivity contribution in [1.29, 1.82) is 0 Å². The summed E-state index contributed by atoms with van der Waals surface area (Å²) in [4.78, 5) is 25.6. The van der Waals surface area contributed by atoms with Crippen molar-refractivity contribution in [2.45, 2.75) is 70.8 Å². The average molecular weight is 639 g/mol. The quantitative estimate of drug-likeness (QED) is 0.137. The lowest BCUT2D eigenvalue weighted by atomic mass is 9.88. The molecule has 1 aliphatic rings. The molecule has 4 aromatic carbocycles. The van der Waals surface area contributed by atoms with Gasteiger partial charge < -0.3 is 28.4 Å². The van der Waals surface area contributed by atoms with Crippen molar-refractivity contribution < 1.29 is 38.0 Å². The molecular weight excluding hydrogens is 596 g/mol. The largest absolute Gasteiger partial charge is 0.463 e. The lowest BCUT2D eigenvalue weighted by Crippen LogP contribution is -2.63. The van der Waals surface area contributed by atoms with E-state index in [1.165, 1.54) is 6.92 Å². The molecule has 1 heterocycles. The third kappa shape index (κ3) is 10.1. The minimum atomic E-state index is -0.806. The van der Waals surface area contributed by atoms with Gasteiger partial charge in [0.2, 0.25) is 0 Å². The number of ether oxygens (including phenoxy) is 6. The van der Waals surface area contributed by atoms with E-state index in [0.717, 1.165) is 22.3 Å². The van der Waals surface area contributed by atoms with Crippen molar-refractivity contribution in [2.75, 3.05) is 6.61 Å². The van der Waals surface area contributed by atoms with Gasteiger partial charge in [-0.3, -0.25) is 9.59 Å². The van der Waals surface area contributed by atoms with Crippen molar-refractivity contribution >= 4 is 11.9 Å². The van der Waals surface area contributed by atoms with Gasteiger partial charge in [0.05, 0.1) is 25.7 Å². The van der Waals surface area contributed by atoms with E-state index in [9.17, 15) is 9.59 Å². The molecule has 8 nitrogen and oxygen atoms in total. The van der Waals surface area contributed by atoms with E-state index >= 15 is 0 Å². The van der Waals surface area contributed by atoms with E-state index in [4.69, 9.17) is 28.4 Å². The molecule has 0 amide bonds. The van der Waals surface area contributed by atoms with E-state index in [0.29, 0.717) is 0 Å². The second-order valence-electron chi connectivity index (χ2n) is 11.6. The zero-order chi connectivity index (χ0) is 32.8. The topological polar surface area (TPSA) is 89.5 Å². The first kappa shape index (κ1) is 34.0. The van der Waals surface area contributed by atoms with Crippen molar-refractivity contribution in [2.24, 2.45) is 5.92 Å². The Hall–Kier alpha value is -4.34. The summed E-state index contributed by atoms with van der Waals surface area (Å²) in [5.41, 5.74) is 3.75. The normalized spacial score (nSPS) is 21.4. The molecular formula is C39H42O8. The van der Waals surface area contributed by atoms with E-state index in [1.807, 2.05) is 121 Å². The van der Waals surface area contributed by atoms with Crippen LogP contribution in [0.5, 0.6) is 0 Å². The van der Waals surface area contributed by atoms with E-state index in [1.54, 1.807) is 6.92 Å². The van der Waals surface area contributed by atoms with Crippen LogP contribution in [0.15, 0.2) is 121 Å². The molecule has 5 rings (SSSR count). The van der Waals surface area contributed by atoms with Gasteiger partial charge in [-0.2, -0.15) is 0 Å². The molecule has 1 fully saturated rings. The zero-order valence-electron chi connectivity index (χ0n) is 26.8. The van der Waals surface area contributed by atoms with Crippen LogP contribution in [0.1, 0.15) is 36.1 Å². The molecule has 0 spiro atoms. The fourth-order valence-electron chi connectivity index (χ4n) is 5.55. The first-order valence-electron chi connectivity index (χ1n) is 15.9. The minimum absolute atomic E-state index is 0.0896. The SMILES string of the molecule is CC(=O)OC[C@H]1OC([C@H](C)C(=O)OCc2ccccc2)[C@H](OCc2ccccc2)[C@@H](OCc2ccccc2)[C@H]1OCc1ccccc1. The maximum Gasteiger partial charge on any atom is 0.311 e. The number of carbonyl (C=O) groups excluding carboxylic acids is 2. The van der Waals surface area contributed by atoms with Crippen LogP contribution in [0.25, 0.3) is 0 Å². The van der Waals surface area contributed by atoms with Crippen molar-refractivity contribution in [3.05, 3.63) is 144 Å². The summed E-state index contributed by atoms with van der Waals surface area (Å²) in [6.07, 6.45) is -3.71. The Morgan fingerprint density at radius 2 is 0.979 bits per heavy atom. The Morgan fingerprint density at radius 1 is 0.574 bits per heavy atom. The van der Waals surface area contributed by atoms with Gasteiger partial charge >= 0.3 is 11.9 Å². The van der Waals surface area contributed by atoms with Gasteiger partial charge in [-0.25, -0.2) is 0 Å². The Labute approximate surface area is 276 Å². The monoisotopic (exact) mass is 638 g/mol. The van der Waals surface area contributed by atoms with E-state index in [-0.39, 0.29) is 33.0 Å². The second-order valence-corrected chi connectivity index (χ2v) is 11.6. The summed E-state index contributed by atoms with van der Waals surface area (Å²) in [6.45, 7) is 3.93. The van der Waals surface area contributed by atoms with E-state index in [2.05, 4.69) is 0 Å². The van der Waals surface area contributed by atoms with Gasteiger partial charge in [-0.1, -0.05) is 121 Å². The Morgan fingerprint density at radius 3 is 1.43 bits per heavy atom. The Kier molecular flexibility index (Phi) is 12.7. The summed E-state index contributed by atoms with van der Waals surface area (Å²) >= 11 is 0. The van der Waals surface area contributed by atoms with Crippen molar-refractivity contribution in [3.8, 4) is 0 Å². The molecule has 246 valence electrons. The Bertz CT molecular complexity index is 1500. The van der Waals surface area contributed by atoms with Crippen LogP contribution in [0.4, 0.5) is 0 Å². The first-order chi connectivity index (χ1) is 23.0. The van der Waals surface area contributed by atoms with Gasteiger partial charge in [0, 0.05) is 6.92 Å². The average Bonchev–Trinajstić information content (AvgIpc) is 3.11. The lowest BCUT2D eigenvalue weighted by molar-refractivity contribution is -0.279. The molecule has 47 heavy (non-hydrogen) atoms. The number of benzene rings is 4. The lowest BCUT2D eigenvalue weighted by Gasteiger charge is -2.47. The molecule has 8 heteroatoms. The van der Waals surface area contributed by atoms with Crippen LogP contribution in [-0.4, -0.2) is 49.1 Å². The van der Waals surface area contributed by atoms with Gasteiger partial charge in [0.1, 0.15) is 43.7 Å². The highest BCUT2D eigenvalue weighted by Gasteiger charge is 2.51. The number of hydrogen-bond acceptors (Lipinski definition) is 8. The second kappa shape index (κ2) is 17.5. The third-order valence-corrected chi connectivity index (χ3v) is 8.06. The van der Waals surface area contributed by atoms with Crippen molar-refractivity contribution in [1.82, 2.24) is 0 Å². The number of carbonyl (C=O) groups is 2. The highest BCUT2D eigenvalue weighted by Crippen LogP contribution is 2.34. The van der Waals surface area contributed by atoms with Gasteiger partial charge in [0.15, 0.2) is 0 Å². The molecule has 0 N–H and O–H groups in total. The third-order valence-electron chi connectivity index (χ3n) is 8.06. The van der Waals surface area contributed by atoms with Crippen LogP contribution in [0.2, 0.25) is 0 Å². The van der Waals surface area contributed by atoms with Crippen molar-refractivity contribution in [3.63, 3.8) is 0 Å². The highest BCUT2D eigenvalue weighted by atomic mass is 16.6. The standard InChI is InChI=1S/C39H42O8/c1-28(39(41)46-26-33-21-13-6-14-22-33)35-37(44-24-31-17-9-4-10-18-31)38(45-25-32-19-11-5-12-20-32)36(34(47-35)27-42-29(2)40)43-23-30-15-7-3-8-16-30/h3-22,28,34-38H,23-27H2,1-2H3/t28-,34+,35?,36-,37-,38-/m0/s1. The van der Waals surface area contributed by atoms with Crippen LogP contribution in [0, 0.1) is 5.92 Å².